The summed E-state index contributed by atoms with van der Waals surface area (Å²) >= 11 is 0. The van der Waals surface area contributed by atoms with Gasteiger partial charge in [0.2, 0.25) is 11.8 Å². The summed E-state index contributed by atoms with van der Waals surface area (Å²) in [6.45, 7) is 5.01. The normalized spacial score (nSPS) is 16.4. The molecule has 1 aromatic rings. The number of fused-ring (bicyclic) bond motifs is 1. The van der Waals surface area contributed by atoms with Crippen LogP contribution in [0.25, 0.3) is 0 Å². The van der Waals surface area contributed by atoms with Gasteiger partial charge in [0.1, 0.15) is 0 Å². The van der Waals surface area contributed by atoms with Crippen molar-refractivity contribution in [2.75, 3.05) is 16.8 Å². The van der Waals surface area contributed by atoms with E-state index in [4.69, 9.17) is 0 Å². The molecule has 130 valence electrons. The molecule has 2 amide bonds. The van der Waals surface area contributed by atoms with Crippen LogP contribution < -0.4 is 10.2 Å². The third kappa shape index (κ3) is 3.63. The van der Waals surface area contributed by atoms with Crippen LogP contribution in [0.3, 0.4) is 0 Å². The lowest BCUT2D eigenvalue weighted by Gasteiger charge is -2.19. The van der Waals surface area contributed by atoms with Crippen molar-refractivity contribution in [1.82, 2.24) is 0 Å². The van der Waals surface area contributed by atoms with E-state index in [9.17, 15) is 9.59 Å². The van der Waals surface area contributed by atoms with Crippen LogP contribution in [0.5, 0.6) is 0 Å². The number of anilines is 2. The molecule has 1 fully saturated rings. The van der Waals surface area contributed by atoms with Gasteiger partial charge in [-0.25, -0.2) is 0 Å². The Hall–Kier alpha value is -1.84. The zero-order valence-electron chi connectivity index (χ0n) is 14.8. The maximum atomic E-state index is 12.5. The van der Waals surface area contributed by atoms with Crippen LogP contribution in [0.15, 0.2) is 18.2 Å². The minimum Gasteiger partial charge on any atom is -0.326 e. The summed E-state index contributed by atoms with van der Waals surface area (Å²) in [6, 6.07) is 6.01. The Morgan fingerprint density at radius 1 is 1.21 bits per heavy atom. The van der Waals surface area contributed by atoms with Crippen molar-refractivity contribution in [2.45, 2.75) is 58.8 Å². The molecule has 2 aliphatic rings. The molecule has 24 heavy (non-hydrogen) atoms. The molecule has 1 N–H and O–H groups in total. The third-order valence-corrected chi connectivity index (χ3v) is 5.09. The first-order valence-corrected chi connectivity index (χ1v) is 9.39. The van der Waals surface area contributed by atoms with E-state index in [1.54, 1.807) is 0 Å². The monoisotopic (exact) mass is 328 g/mol. The molecule has 1 saturated carbocycles. The van der Waals surface area contributed by atoms with Gasteiger partial charge in [-0.05, 0) is 49.8 Å². The van der Waals surface area contributed by atoms with Crippen LogP contribution in [0.2, 0.25) is 0 Å². The maximum absolute atomic E-state index is 12.5. The van der Waals surface area contributed by atoms with E-state index in [1.165, 1.54) is 5.56 Å². The quantitative estimate of drug-likeness (QED) is 0.818. The molecule has 0 radical (unpaired) electrons. The molecule has 4 nitrogen and oxygen atoms in total. The van der Waals surface area contributed by atoms with Gasteiger partial charge >= 0.3 is 0 Å². The molecule has 0 aromatic heterocycles. The van der Waals surface area contributed by atoms with Gasteiger partial charge in [-0.15, -0.1) is 0 Å². The van der Waals surface area contributed by atoms with Gasteiger partial charge in [0.25, 0.3) is 0 Å². The van der Waals surface area contributed by atoms with Gasteiger partial charge in [0.15, 0.2) is 0 Å². The first-order chi connectivity index (χ1) is 11.6. The van der Waals surface area contributed by atoms with Crippen LogP contribution in [-0.2, 0) is 16.0 Å². The van der Waals surface area contributed by atoms with Crippen LogP contribution >= 0.6 is 0 Å². The van der Waals surface area contributed by atoms with E-state index in [2.05, 4.69) is 25.2 Å². The molecule has 0 unspecified atom stereocenters. The van der Waals surface area contributed by atoms with Gasteiger partial charge in [-0.3, -0.25) is 9.59 Å². The molecule has 1 heterocycles. The molecule has 1 aromatic carbocycles. The molecule has 1 aliphatic carbocycles. The number of benzene rings is 1. The molecule has 0 spiro atoms. The summed E-state index contributed by atoms with van der Waals surface area (Å²) < 4.78 is 0. The minimum atomic E-state index is 0.0810. The van der Waals surface area contributed by atoms with Gasteiger partial charge in [0.05, 0.1) is 0 Å². The molecule has 1 aliphatic heterocycles. The van der Waals surface area contributed by atoms with Gasteiger partial charge < -0.3 is 10.2 Å². The fraction of sp³-hybridized carbons (Fsp3) is 0.600. The average Bonchev–Trinajstić information content (AvgIpc) is 3.34. The zero-order valence-corrected chi connectivity index (χ0v) is 14.8. The highest BCUT2D eigenvalue weighted by Crippen LogP contribution is 2.37. The number of amides is 2. The summed E-state index contributed by atoms with van der Waals surface area (Å²) in [5, 5.41) is 3.07. The van der Waals surface area contributed by atoms with Crippen molar-refractivity contribution in [2.24, 2.45) is 11.8 Å². The summed E-state index contributed by atoms with van der Waals surface area (Å²) in [5.41, 5.74) is 3.01. The van der Waals surface area contributed by atoms with E-state index >= 15 is 0 Å². The van der Waals surface area contributed by atoms with E-state index in [1.807, 2.05) is 17.0 Å². The number of nitrogens with zero attached hydrogens (tertiary/aromatic N) is 1. The zero-order chi connectivity index (χ0) is 17.1. The van der Waals surface area contributed by atoms with E-state index in [-0.39, 0.29) is 23.7 Å². The van der Waals surface area contributed by atoms with E-state index in [0.717, 1.165) is 62.9 Å². The van der Waals surface area contributed by atoms with Crippen molar-refractivity contribution < 1.29 is 9.59 Å². The third-order valence-electron chi connectivity index (χ3n) is 5.09. The van der Waals surface area contributed by atoms with Crippen molar-refractivity contribution in [3.05, 3.63) is 23.8 Å². The van der Waals surface area contributed by atoms with Gasteiger partial charge in [-0.1, -0.05) is 32.8 Å². The Bertz CT molecular complexity index is 616. The number of carbonyl (C=O) groups excluding carboxylic acids is 2. The molecule has 0 saturated heterocycles. The maximum Gasteiger partial charge on any atom is 0.230 e. The van der Waals surface area contributed by atoms with Crippen molar-refractivity contribution in [1.29, 1.82) is 0 Å². The first-order valence-electron chi connectivity index (χ1n) is 9.39. The Labute approximate surface area is 144 Å². The number of rotatable bonds is 7. The second-order valence-corrected chi connectivity index (χ2v) is 7.12. The van der Waals surface area contributed by atoms with E-state index < -0.39 is 0 Å². The van der Waals surface area contributed by atoms with Crippen molar-refractivity contribution in [3.63, 3.8) is 0 Å². The standard InChI is InChI=1S/C20H28N2O2/c1-3-5-15(6-4-2)19(23)21-17-10-9-14-11-12-22(18(14)13-17)20(24)16-7-8-16/h9-10,13,15-16H,3-8,11-12H2,1-2H3,(H,21,23). The van der Waals surface area contributed by atoms with Crippen molar-refractivity contribution >= 4 is 23.2 Å². The fourth-order valence-corrected chi connectivity index (χ4v) is 3.58. The number of hydrogen-bond acceptors (Lipinski definition) is 2. The summed E-state index contributed by atoms with van der Waals surface area (Å²) in [4.78, 5) is 26.9. The summed E-state index contributed by atoms with van der Waals surface area (Å²) in [7, 11) is 0. The molecule has 3 rings (SSSR count). The number of hydrogen-bond donors (Lipinski definition) is 1. The predicted octanol–water partition coefficient (Wildman–Crippen LogP) is 4.14. The van der Waals surface area contributed by atoms with Crippen LogP contribution in [0.4, 0.5) is 11.4 Å². The minimum absolute atomic E-state index is 0.0810. The SMILES string of the molecule is CCCC(CCC)C(=O)Nc1ccc2c(c1)N(C(=O)C1CC1)CC2. The lowest BCUT2D eigenvalue weighted by Crippen LogP contribution is -2.30. The number of carbonyl (C=O) groups is 2. The second-order valence-electron chi connectivity index (χ2n) is 7.12. The fourth-order valence-electron chi connectivity index (χ4n) is 3.58. The topological polar surface area (TPSA) is 49.4 Å². The highest BCUT2D eigenvalue weighted by atomic mass is 16.2. The smallest absolute Gasteiger partial charge is 0.230 e. The molecule has 4 heteroatoms. The highest BCUT2D eigenvalue weighted by molar-refractivity contribution is 6.00. The summed E-state index contributed by atoms with van der Waals surface area (Å²) in [5.74, 6) is 0.675. The van der Waals surface area contributed by atoms with Crippen LogP contribution in [0.1, 0.15) is 57.9 Å². The Morgan fingerprint density at radius 2 is 1.92 bits per heavy atom. The lowest BCUT2D eigenvalue weighted by atomic mass is 9.97. The van der Waals surface area contributed by atoms with Gasteiger partial charge in [-0.2, -0.15) is 0 Å². The Morgan fingerprint density at radius 3 is 2.54 bits per heavy atom. The molecule has 0 bridgehead atoms. The molecular formula is C20H28N2O2. The predicted molar refractivity (Wildman–Crippen MR) is 97.2 cm³/mol. The molecule has 0 atom stereocenters. The summed E-state index contributed by atoms with van der Waals surface area (Å²) in [6.07, 6.45) is 6.86. The largest absolute Gasteiger partial charge is 0.326 e. The lowest BCUT2D eigenvalue weighted by molar-refractivity contribution is -0.120. The van der Waals surface area contributed by atoms with Gasteiger partial charge in [0, 0.05) is 29.8 Å². The molecular weight excluding hydrogens is 300 g/mol. The Balaban J connectivity index is 1.72. The second kappa shape index (κ2) is 7.37. The average molecular weight is 328 g/mol. The van der Waals surface area contributed by atoms with Crippen LogP contribution in [-0.4, -0.2) is 18.4 Å². The first kappa shape index (κ1) is 17.0. The highest BCUT2D eigenvalue weighted by Gasteiger charge is 2.36. The van der Waals surface area contributed by atoms with E-state index in [0.29, 0.717) is 0 Å². The number of nitrogens with one attached hydrogen (secondary N) is 1. The van der Waals surface area contributed by atoms with Crippen molar-refractivity contribution in [3.8, 4) is 0 Å². The Kier molecular flexibility index (Phi) is 5.22. The van der Waals surface area contributed by atoms with Crippen LogP contribution in [0, 0.1) is 11.8 Å².